The largest absolute Gasteiger partial charge is 0.390 e. The molecule has 98 valence electrons. The van der Waals surface area contributed by atoms with Crippen LogP contribution in [0.2, 0.25) is 0 Å². The van der Waals surface area contributed by atoms with E-state index in [1.807, 2.05) is 20.8 Å². The molecule has 17 heavy (non-hydrogen) atoms. The van der Waals surface area contributed by atoms with Gasteiger partial charge in [0, 0.05) is 0 Å². The Balaban J connectivity index is 2.24. The zero-order chi connectivity index (χ0) is 12.8. The molecule has 0 aromatic heterocycles. The van der Waals surface area contributed by atoms with Crippen molar-refractivity contribution in [2.45, 2.75) is 64.1 Å². The molecule has 2 saturated carbocycles. The molecule has 2 rings (SSSR count). The summed E-state index contributed by atoms with van der Waals surface area (Å²) >= 11 is 0. The maximum absolute atomic E-state index is 10.5. The van der Waals surface area contributed by atoms with Crippen molar-refractivity contribution in [2.75, 3.05) is 0 Å². The smallest absolute Gasteiger partial charge is 0.0653 e. The lowest BCUT2D eigenvalue weighted by atomic mass is 9.76. The lowest BCUT2D eigenvalue weighted by molar-refractivity contribution is -0.0325. The summed E-state index contributed by atoms with van der Waals surface area (Å²) in [6.07, 6.45) is 4.88. The van der Waals surface area contributed by atoms with E-state index in [0.717, 1.165) is 32.1 Å². The van der Waals surface area contributed by atoms with E-state index in [4.69, 9.17) is 0 Å². The number of hydrogen-bond donors (Lipinski definition) is 2. The molecule has 0 radical (unpaired) electrons. The summed E-state index contributed by atoms with van der Waals surface area (Å²) < 4.78 is 0. The van der Waals surface area contributed by atoms with E-state index in [-0.39, 0.29) is 11.8 Å². The number of hydrogen-bond acceptors (Lipinski definition) is 2. The normalized spacial score (nSPS) is 43.4. The van der Waals surface area contributed by atoms with Gasteiger partial charge in [-0.3, -0.25) is 0 Å². The Kier molecular flexibility index (Phi) is 3.16. The molecule has 2 aliphatic rings. The van der Waals surface area contributed by atoms with Gasteiger partial charge in [-0.25, -0.2) is 0 Å². The van der Waals surface area contributed by atoms with E-state index in [0.29, 0.717) is 5.92 Å². The van der Waals surface area contributed by atoms with Crippen LogP contribution in [-0.2, 0) is 0 Å². The van der Waals surface area contributed by atoms with Gasteiger partial charge < -0.3 is 10.2 Å². The van der Waals surface area contributed by atoms with E-state index >= 15 is 0 Å². The molecule has 0 heterocycles. The van der Waals surface area contributed by atoms with Gasteiger partial charge in [0.1, 0.15) is 0 Å². The van der Waals surface area contributed by atoms with Gasteiger partial charge in [0.05, 0.1) is 11.2 Å². The highest BCUT2D eigenvalue weighted by molar-refractivity contribution is 5.13. The van der Waals surface area contributed by atoms with E-state index in [2.05, 4.69) is 6.58 Å². The molecule has 0 unspecified atom stereocenters. The van der Waals surface area contributed by atoms with Gasteiger partial charge >= 0.3 is 0 Å². The lowest BCUT2D eigenvalue weighted by Gasteiger charge is -2.35. The van der Waals surface area contributed by atoms with Gasteiger partial charge in [-0.1, -0.05) is 12.2 Å². The Bertz CT molecular complexity index is 311. The maximum atomic E-state index is 10.5. The van der Waals surface area contributed by atoms with Crippen molar-refractivity contribution in [3.8, 4) is 0 Å². The van der Waals surface area contributed by atoms with Crippen molar-refractivity contribution in [1.29, 1.82) is 0 Å². The average Bonchev–Trinajstić information content (AvgIpc) is 2.37. The first-order valence-electron chi connectivity index (χ1n) is 6.84. The second-order valence-electron chi connectivity index (χ2n) is 6.89. The Morgan fingerprint density at radius 2 is 2.00 bits per heavy atom. The van der Waals surface area contributed by atoms with Gasteiger partial charge in [0.2, 0.25) is 0 Å². The van der Waals surface area contributed by atoms with Gasteiger partial charge in [-0.05, 0) is 70.6 Å². The molecule has 0 spiro atoms. The molecule has 0 saturated heterocycles. The van der Waals surface area contributed by atoms with Gasteiger partial charge in [0.15, 0.2) is 0 Å². The molecule has 0 aromatic carbocycles. The highest BCUT2D eigenvalue weighted by Gasteiger charge is 2.48. The maximum Gasteiger partial charge on any atom is 0.0653 e. The fourth-order valence-electron chi connectivity index (χ4n) is 3.79. The first kappa shape index (κ1) is 13.1. The highest BCUT2D eigenvalue weighted by Crippen LogP contribution is 2.51. The van der Waals surface area contributed by atoms with Crippen LogP contribution in [0, 0.1) is 17.8 Å². The summed E-state index contributed by atoms with van der Waals surface area (Å²) in [6.45, 7) is 9.95. The zero-order valence-electron chi connectivity index (χ0n) is 11.4. The number of fused-ring (bicyclic) bond motifs is 1. The summed E-state index contributed by atoms with van der Waals surface area (Å²) in [6, 6.07) is 0. The Labute approximate surface area is 105 Å². The minimum Gasteiger partial charge on any atom is -0.390 e. The van der Waals surface area contributed by atoms with Crippen LogP contribution in [0.5, 0.6) is 0 Å². The minimum absolute atomic E-state index is 0.277. The SMILES string of the molecule is C=C1CC[C@@H](C(C)(C)O)C[C@@H]2[C@@H]1CC[C@@]2(C)O. The average molecular weight is 238 g/mol. The van der Waals surface area contributed by atoms with E-state index in [1.54, 1.807) is 0 Å². The zero-order valence-corrected chi connectivity index (χ0v) is 11.4. The second kappa shape index (κ2) is 4.10. The van der Waals surface area contributed by atoms with Crippen LogP contribution in [0.25, 0.3) is 0 Å². The van der Waals surface area contributed by atoms with Crippen LogP contribution in [0.3, 0.4) is 0 Å². The van der Waals surface area contributed by atoms with Gasteiger partial charge in [-0.15, -0.1) is 0 Å². The van der Waals surface area contributed by atoms with Crippen LogP contribution < -0.4 is 0 Å². The van der Waals surface area contributed by atoms with E-state index < -0.39 is 11.2 Å². The van der Waals surface area contributed by atoms with Crippen molar-refractivity contribution in [1.82, 2.24) is 0 Å². The van der Waals surface area contributed by atoms with E-state index in [1.165, 1.54) is 5.57 Å². The van der Waals surface area contributed by atoms with Crippen molar-refractivity contribution in [2.24, 2.45) is 17.8 Å². The number of allylic oxidation sites excluding steroid dienone is 1. The number of rotatable bonds is 1. The quantitative estimate of drug-likeness (QED) is 0.690. The van der Waals surface area contributed by atoms with Crippen molar-refractivity contribution < 1.29 is 10.2 Å². The van der Waals surface area contributed by atoms with Gasteiger partial charge in [-0.2, -0.15) is 0 Å². The molecule has 2 aliphatic carbocycles. The first-order valence-corrected chi connectivity index (χ1v) is 6.84. The van der Waals surface area contributed by atoms with Crippen LogP contribution in [0.1, 0.15) is 52.9 Å². The lowest BCUT2D eigenvalue weighted by Crippen LogP contribution is -2.37. The molecule has 2 fully saturated rings. The van der Waals surface area contributed by atoms with Crippen molar-refractivity contribution in [3.05, 3.63) is 12.2 Å². The molecule has 2 heteroatoms. The Morgan fingerprint density at radius 1 is 1.35 bits per heavy atom. The topological polar surface area (TPSA) is 40.5 Å². The molecule has 2 nitrogen and oxygen atoms in total. The fraction of sp³-hybridized carbons (Fsp3) is 0.867. The summed E-state index contributed by atoms with van der Waals surface area (Å²) in [4.78, 5) is 0. The summed E-state index contributed by atoms with van der Waals surface area (Å²) in [5, 5.41) is 20.7. The molecule has 0 amide bonds. The molecule has 0 aliphatic heterocycles. The molecule has 0 aromatic rings. The second-order valence-corrected chi connectivity index (χ2v) is 6.89. The molecular formula is C15H26O2. The van der Waals surface area contributed by atoms with Crippen LogP contribution >= 0.6 is 0 Å². The first-order chi connectivity index (χ1) is 7.72. The molecule has 2 N–H and O–H groups in total. The third-order valence-electron chi connectivity index (χ3n) is 5.12. The minimum atomic E-state index is -0.645. The van der Waals surface area contributed by atoms with Crippen LogP contribution in [0.15, 0.2) is 12.2 Å². The molecule has 0 bridgehead atoms. The van der Waals surface area contributed by atoms with Crippen molar-refractivity contribution >= 4 is 0 Å². The molecule has 4 atom stereocenters. The van der Waals surface area contributed by atoms with Gasteiger partial charge in [0.25, 0.3) is 0 Å². The Hall–Kier alpha value is -0.340. The standard InChI is InChI=1S/C15H26O2/c1-10-5-6-11(14(2,3)16)9-13-12(10)7-8-15(13,4)17/h11-13,16-17H,1,5-9H2,2-4H3/t11-,12-,13-,15-/m1/s1. The monoisotopic (exact) mass is 238 g/mol. The summed E-state index contributed by atoms with van der Waals surface area (Å²) in [5.74, 6) is 1.03. The predicted octanol–water partition coefficient (Wildman–Crippen LogP) is 2.89. The highest BCUT2D eigenvalue weighted by atomic mass is 16.3. The Morgan fingerprint density at radius 3 is 2.59 bits per heavy atom. The predicted molar refractivity (Wildman–Crippen MR) is 69.6 cm³/mol. The van der Waals surface area contributed by atoms with Crippen molar-refractivity contribution in [3.63, 3.8) is 0 Å². The third kappa shape index (κ3) is 2.43. The van der Waals surface area contributed by atoms with Crippen LogP contribution in [0.4, 0.5) is 0 Å². The summed E-state index contributed by atoms with van der Waals surface area (Å²) in [5.41, 5.74) is 0.0782. The fourth-order valence-corrected chi connectivity index (χ4v) is 3.79. The molecular weight excluding hydrogens is 212 g/mol. The number of aliphatic hydroxyl groups is 2. The van der Waals surface area contributed by atoms with Crippen LogP contribution in [-0.4, -0.2) is 21.4 Å². The third-order valence-corrected chi connectivity index (χ3v) is 5.12. The van der Waals surface area contributed by atoms with E-state index in [9.17, 15) is 10.2 Å². The summed E-state index contributed by atoms with van der Waals surface area (Å²) in [7, 11) is 0.